The van der Waals surface area contributed by atoms with Crippen LogP contribution in [0.15, 0.2) is 65.6 Å². The van der Waals surface area contributed by atoms with Crippen LogP contribution in [0.1, 0.15) is 10.3 Å². The van der Waals surface area contributed by atoms with Crippen LogP contribution in [0.5, 0.6) is 0 Å². The summed E-state index contributed by atoms with van der Waals surface area (Å²) in [4.78, 5) is 0.756. The summed E-state index contributed by atoms with van der Waals surface area (Å²) < 4.78 is 11.6. The Bertz CT molecular complexity index is 470. The summed E-state index contributed by atoms with van der Waals surface area (Å²) in [7, 11) is -1.21. The summed E-state index contributed by atoms with van der Waals surface area (Å²) in [5.41, 5.74) is 0.881. The van der Waals surface area contributed by atoms with Crippen LogP contribution in [0, 0.1) is 0 Å². The molecule has 0 N–H and O–H groups in total. The number of hydrogen-bond acceptors (Lipinski definition) is 1. The molecular formula is C13H11ClOS. The molecule has 0 bridgehead atoms. The van der Waals surface area contributed by atoms with E-state index < -0.39 is 15.5 Å². The molecule has 0 aliphatic rings. The largest absolute Gasteiger partial charge is 0.252 e. The predicted molar refractivity (Wildman–Crippen MR) is 67.9 cm³/mol. The second-order valence-electron chi connectivity index (χ2n) is 3.34. The van der Waals surface area contributed by atoms with Gasteiger partial charge in [-0.25, -0.2) is 0 Å². The highest BCUT2D eigenvalue weighted by atomic mass is 35.5. The monoisotopic (exact) mass is 250 g/mol. The van der Waals surface area contributed by atoms with Gasteiger partial charge in [0.2, 0.25) is 0 Å². The Morgan fingerprint density at radius 1 is 0.875 bits per heavy atom. The average molecular weight is 251 g/mol. The van der Waals surface area contributed by atoms with Crippen LogP contribution >= 0.6 is 11.6 Å². The Labute approximate surface area is 103 Å². The van der Waals surface area contributed by atoms with Crippen LogP contribution in [0.25, 0.3) is 0 Å². The molecule has 0 saturated heterocycles. The quantitative estimate of drug-likeness (QED) is 0.759. The zero-order chi connectivity index (χ0) is 11.4. The zero-order valence-corrected chi connectivity index (χ0v) is 10.1. The van der Waals surface area contributed by atoms with E-state index in [9.17, 15) is 4.21 Å². The minimum atomic E-state index is -1.21. The molecule has 0 fully saturated rings. The smallest absolute Gasteiger partial charge is 0.138 e. The lowest BCUT2D eigenvalue weighted by Gasteiger charge is -2.09. The van der Waals surface area contributed by atoms with Crippen molar-refractivity contribution in [1.29, 1.82) is 0 Å². The van der Waals surface area contributed by atoms with Crippen molar-refractivity contribution in [3.63, 3.8) is 0 Å². The number of benzene rings is 2. The minimum absolute atomic E-state index is 0.497. The van der Waals surface area contributed by atoms with Crippen LogP contribution in [0.3, 0.4) is 0 Å². The van der Waals surface area contributed by atoms with Crippen molar-refractivity contribution < 1.29 is 4.21 Å². The summed E-state index contributed by atoms with van der Waals surface area (Å²) in [6.45, 7) is 0. The highest BCUT2D eigenvalue weighted by molar-refractivity contribution is 7.86. The van der Waals surface area contributed by atoms with Gasteiger partial charge in [0.05, 0.1) is 10.8 Å². The molecular weight excluding hydrogens is 240 g/mol. The lowest BCUT2D eigenvalue weighted by molar-refractivity contribution is 0.681. The first-order chi connectivity index (χ1) is 7.79. The van der Waals surface area contributed by atoms with Crippen LogP contribution in [0.2, 0.25) is 0 Å². The van der Waals surface area contributed by atoms with E-state index in [1.54, 1.807) is 0 Å². The van der Waals surface area contributed by atoms with Crippen molar-refractivity contribution in [1.82, 2.24) is 0 Å². The molecule has 2 rings (SSSR count). The van der Waals surface area contributed by atoms with Gasteiger partial charge in [-0.1, -0.05) is 48.5 Å². The van der Waals surface area contributed by atoms with Crippen molar-refractivity contribution in [2.24, 2.45) is 0 Å². The molecule has 2 aromatic carbocycles. The summed E-state index contributed by atoms with van der Waals surface area (Å²) in [6, 6.07) is 18.8. The van der Waals surface area contributed by atoms with Gasteiger partial charge in [0, 0.05) is 4.90 Å². The molecule has 2 aromatic rings. The molecule has 0 radical (unpaired) electrons. The van der Waals surface area contributed by atoms with E-state index in [2.05, 4.69) is 0 Å². The normalized spacial score (nSPS) is 14.3. The first-order valence-corrected chi connectivity index (χ1v) is 6.58. The minimum Gasteiger partial charge on any atom is -0.252 e. The zero-order valence-electron chi connectivity index (χ0n) is 8.55. The van der Waals surface area contributed by atoms with Gasteiger partial charge < -0.3 is 0 Å². The second kappa shape index (κ2) is 5.28. The number of hydrogen-bond donors (Lipinski definition) is 0. The van der Waals surface area contributed by atoms with E-state index >= 15 is 0 Å². The third-order valence-electron chi connectivity index (χ3n) is 2.23. The number of halogens is 1. The van der Waals surface area contributed by atoms with E-state index in [4.69, 9.17) is 11.6 Å². The van der Waals surface area contributed by atoms with Crippen molar-refractivity contribution in [3.8, 4) is 0 Å². The highest BCUT2D eigenvalue weighted by Crippen LogP contribution is 2.28. The first kappa shape index (κ1) is 11.4. The Morgan fingerprint density at radius 3 is 1.94 bits per heavy atom. The van der Waals surface area contributed by atoms with Crippen LogP contribution < -0.4 is 0 Å². The maximum Gasteiger partial charge on any atom is 0.138 e. The molecule has 1 nitrogen and oxygen atoms in total. The fourth-order valence-corrected chi connectivity index (χ4v) is 2.92. The van der Waals surface area contributed by atoms with Gasteiger partial charge in [0.1, 0.15) is 4.71 Å². The molecule has 2 atom stereocenters. The molecule has 3 heteroatoms. The lowest BCUT2D eigenvalue weighted by Crippen LogP contribution is -2.00. The number of rotatable bonds is 3. The van der Waals surface area contributed by atoms with E-state index in [-0.39, 0.29) is 0 Å². The van der Waals surface area contributed by atoms with Crippen LogP contribution in [-0.2, 0) is 10.8 Å². The van der Waals surface area contributed by atoms with Gasteiger partial charge in [-0.3, -0.25) is 4.21 Å². The molecule has 0 unspecified atom stereocenters. The summed E-state index contributed by atoms with van der Waals surface area (Å²) >= 11 is 6.19. The van der Waals surface area contributed by atoms with Gasteiger partial charge in [-0.05, 0) is 17.7 Å². The second-order valence-corrected chi connectivity index (χ2v) is 5.57. The summed E-state index contributed by atoms with van der Waals surface area (Å²) in [5.74, 6) is 0. The first-order valence-electron chi connectivity index (χ1n) is 4.93. The Kier molecular flexibility index (Phi) is 3.75. The Morgan fingerprint density at radius 2 is 1.38 bits per heavy atom. The van der Waals surface area contributed by atoms with Crippen molar-refractivity contribution in [2.75, 3.05) is 0 Å². The van der Waals surface area contributed by atoms with E-state index in [1.807, 2.05) is 60.7 Å². The molecule has 0 heterocycles. The third kappa shape index (κ3) is 2.52. The molecule has 0 aromatic heterocycles. The summed E-state index contributed by atoms with van der Waals surface area (Å²) in [6.07, 6.45) is 0. The van der Waals surface area contributed by atoms with Gasteiger partial charge in [-0.15, -0.1) is 11.6 Å². The standard InChI is InChI=1S/C13H11ClOS/c14-13(11-7-3-1-4-8-11)16(15)12-9-5-2-6-10-12/h1-10,13H/t13-,16+/m0/s1. The fraction of sp³-hybridized carbons (Fsp3) is 0.0769. The third-order valence-corrected chi connectivity index (χ3v) is 4.35. The SMILES string of the molecule is O=[S@](c1ccccc1)[C@H](Cl)c1ccccc1. The molecule has 0 aliphatic heterocycles. The Balaban J connectivity index is 2.24. The van der Waals surface area contributed by atoms with Crippen LogP contribution in [0.4, 0.5) is 0 Å². The van der Waals surface area contributed by atoms with E-state index in [1.165, 1.54) is 0 Å². The van der Waals surface area contributed by atoms with E-state index in [0.29, 0.717) is 0 Å². The molecule has 82 valence electrons. The van der Waals surface area contributed by atoms with Gasteiger partial charge in [0.15, 0.2) is 0 Å². The topological polar surface area (TPSA) is 17.1 Å². The maximum atomic E-state index is 12.1. The highest BCUT2D eigenvalue weighted by Gasteiger charge is 2.16. The van der Waals surface area contributed by atoms with E-state index in [0.717, 1.165) is 10.5 Å². The van der Waals surface area contributed by atoms with Gasteiger partial charge in [-0.2, -0.15) is 0 Å². The van der Waals surface area contributed by atoms with Crippen LogP contribution in [-0.4, -0.2) is 4.21 Å². The van der Waals surface area contributed by atoms with Crippen molar-refractivity contribution in [3.05, 3.63) is 66.2 Å². The number of alkyl halides is 1. The average Bonchev–Trinajstić information content (AvgIpc) is 2.39. The molecule has 0 spiro atoms. The molecule has 16 heavy (non-hydrogen) atoms. The molecule has 0 saturated carbocycles. The van der Waals surface area contributed by atoms with Crippen molar-refractivity contribution >= 4 is 22.4 Å². The van der Waals surface area contributed by atoms with Gasteiger partial charge in [0.25, 0.3) is 0 Å². The molecule has 0 amide bonds. The maximum absolute atomic E-state index is 12.1. The van der Waals surface area contributed by atoms with Gasteiger partial charge >= 0.3 is 0 Å². The summed E-state index contributed by atoms with van der Waals surface area (Å²) in [5, 5.41) is 0. The predicted octanol–water partition coefficient (Wildman–Crippen LogP) is 3.73. The Hall–Kier alpha value is -1.12. The molecule has 0 aliphatic carbocycles. The fourth-order valence-electron chi connectivity index (χ4n) is 1.40. The van der Waals surface area contributed by atoms with Crippen molar-refractivity contribution in [2.45, 2.75) is 9.60 Å². The lowest BCUT2D eigenvalue weighted by atomic mass is 10.2.